The molecule has 0 saturated carbocycles. The third-order valence-corrected chi connectivity index (χ3v) is 3.21. The Labute approximate surface area is 105 Å². The molecule has 0 spiro atoms. The average molecular weight is 275 g/mol. The molecule has 0 fully saturated rings. The summed E-state index contributed by atoms with van der Waals surface area (Å²) in [7, 11) is 0. The minimum atomic E-state index is 1.02. The Balaban J connectivity index is 2.52. The molecule has 1 heteroatoms. The molecule has 0 radical (unpaired) electrons. The van der Waals surface area contributed by atoms with E-state index >= 15 is 0 Å². The molecule has 0 aliphatic rings. The molecule has 0 N–H and O–H groups in total. The van der Waals surface area contributed by atoms with Crippen LogP contribution in [0, 0.1) is 6.92 Å². The molecule has 0 bridgehead atoms. The zero-order valence-electron chi connectivity index (χ0n) is 9.41. The van der Waals surface area contributed by atoms with Crippen LogP contribution in [0.4, 0.5) is 0 Å². The van der Waals surface area contributed by atoms with Crippen molar-refractivity contribution in [3.8, 4) is 0 Å². The minimum absolute atomic E-state index is 1.02. The van der Waals surface area contributed by atoms with Crippen molar-refractivity contribution >= 4 is 32.8 Å². The van der Waals surface area contributed by atoms with E-state index in [0.717, 1.165) is 11.8 Å². The molecule has 2 aromatic carbocycles. The molecule has 0 aliphatic carbocycles. The number of benzene rings is 2. The van der Waals surface area contributed by atoms with Crippen LogP contribution in [0.1, 0.15) is 17.5 Å². The molecular weight excluding hydrogens is 260 g/mol. The van der Waals surface area contributed by atoms with Crippen LogP contribution in [0.2, 0.25) is 0 Å². The highest BCUT2D eigenvalue weighted by atomic mass is 79.9. The van der Waals surface area contributed by atoms with Gasteiger partial charge in [0.25, 0.3) is 0 Å². The van der Waals surface area contributed by atoms with Crippen LogP contribution in [0.5, 0.6) is 0 Å². The number of halogens is 1. The van der Waals surface area contributed by atoms with Crippen molar-refractivity contribution in [1.29, 1.82) is 0 Å². The summed E-state index contributed by atoms with van der Waals surface area (Å²) in [5, 5.41) is 3.67. The lowest BCUT2D eigenvalue weighted by molar-refractivity contribution is 1.27. The predicted octanol–water partition coefficient (Wildman–Crippen LogP) is 4.95. The summed E-state index contributed by atoms with van der Waals surface area (Å²) in [6.07, 6.45) is 5.53. The number of hydrogen-bond donors (Lipinski definition) is 0. The van der Waals surface area contributed by atoms with Crippen LogP contribution < -0.4 is 0 Å². The number of aryl methyl sites for hydroxylation is 1. The molecule has 0 heterocycles. The minimum Gasteiger partial charge on any atom is -0.0925 e. The van der Waals surface area contributed by atoms with Crippen molar-refractivity contribution in [2.24, 2.45) is 0 Å². The summed E-state index contributed by atoms with van der Waals surface area (Å²) in [5.74, 6) is 0. The van der Waals surface area contributed by atoms with Crippen LogP contribution in [0.15, 0.2) is 42.5 Å². The van der Waals surface area contributed by atoms with Crippen LogP contribution in [0.25, 0.3) is 16.8 Å². The van der Waals surface area contributed by atoms with Gasteiger partial charge in [-0.1, -0.05) is 64.5 Å². The molecule has 2 rings (SSSR count). The number of alkyl halides is 1. The van der Waals surface area contributed by atoms with Crippen LogP contribution in [-0.4, -0.2) is 5.33 Å². The van der Waals surface area contributed by atoms with Gasteiger partial charge in [0, 0.05) is 5.33 Å². The summed E-state index contributed by atoms with van der Waals surface area (Å²) >= 11 is 3.44. The molecule has 0 aliphatic heterocycles. The maximum Gasteiger partial charge on any atom is 0.00660 e. The summed E-state index contributed by atoms with van der Waals surface area (Å²) < 4.78 is 0. The lowest BCUT2D eigenvalue weighted by Gasteiger charge is -2.06. The Kier molecular flexibility index (Phi) is 3.79. The van der Waals surface area contributed by atoms with Gasteiger partial charge in [-0.25, -0.2) is 0 Å². The average Bonchev–Trinajstić information content (AvgIpc) is 2.32. The Morgan fingerprint density at radius 3 is 2.75 bits per heavy atom. The number of rotatable bonds is 3. The van der Waals surface area contributed by atoms with Gasteiger partial charge in [0.1, 0.15) is 0 Å². The second-order valence-corrected chi connectivity index (χ2v) is 4.69. The SMILES string of the molecule is Cc1ccc2ccccc2c1C=CCCBr. The van der Waals surface area contributed by atoms with Gasteiger partial charge < -0.3 is 0 Å². The lowest BCUT2D eigenvalue weighted by atomic mass is 9.99. The fourth-order valence-corrected chi connectivity index (χ4v) is 2.15. The van der Waals surface area contributed by atoms with E-state index in [1.165, 1.54) is 21.9 Å². The highest BCUT2D eigenvalue weighted by Crippen LogP contribution is 2.23. The smallest absolute Gasteiger partial charge is 0.00660 e. The first-order valence-corrected chi connectivity index (χ1v) is 6.66. The first-order chi connectivity index (χ1) is 7.83. The van der Waals surface area contributed by atoms with E-state index in [1.807, 2.05) is 0 Å². The van der Waals surface area contributed by atoms with E-state index in [-0.39, 0.29) is 0 Å². The second kappa shape index (κ2) is 5.31. The number of fused-ring (bicyclic) bond motifs is 1. The molecule has 0 aromatic heterocycles. The Bertz CT molecular complexity index is 512. The van der Waals surface area contributed by atoms with Crippen molar-refractivity contribution in [2.75, 3.05) is 5.33 Å². The number of hydrogen-bond acceptors (Lipinski definition) is 0. The summed E-state index contributed by atoms with van der Waals surface area (Å²) in [6, 6.07) is 12.9. The third kappa shape index (κ3) is 2.35. The molecule has 2 aromatic rings. The fraction of sp³-hybridized carbons (Fsp3) is 0.200. The van der Waals surface area contributed by atoms with Gasteiger partial charge in [0.05, 0.1) is 0 Å². The molecule has 0 atom stereocenters. The molecule has 0 nitrogen and oxygen atoms in total. The van der Waals surface area contributed by atoms with E-state index in [0.29, 0.717) is 0 Å². The van der Waals surface area contributed by atoms with Crippen LogP contribution in [0.3, 0.4) is 0 Å². The highest BCUT2D eigenvalue weighted by molar-refractivity contribution is 9.09. The van der Waals surface area contributed by atoms with Crippen molar-refractivity contribution in [3.05, 3.63) is 53.6 Å². The van der Waals surface area contributed by atoms with Gasteiger partial charge >= 0.3 is 0 Å². The summed E-state index contributed by atoms with van der Waals surface area (Å²) in [4.78, 5) is 0. The maximum atomic E-state index is 3.44. The van der Waals surface area contributed by atoms with Crippen molar-refractivity contribution in [3.63, 3.8) is 0 Å². The monoisotopic (exact) mass is 274 g/mol. The van der Waals surface area contributed by atoms with Crippen molar-refractivity contribution in [1.82, 2.24) is 0 Å². The van der Waals surface area contributed by atoms with Gasteiger partial charge in [-0.3, -0.25) is 0 Å². The van der Waals surface area contributed by atoms with Gasteiger partial charge in [-0.05, 0) is 35.2 Å². The molecule has 16 heavy (non-hydrogen) atoms. The van der Waals surface area contributed by atoms with Crippen molar-refractivity contribution in [2.45, 2.75) is 13.3 Å². The Morgan fingerprint density at radius 2 is 1.94 bits per heavy atom. The first-order valence-electron chi connectivity index (χ1n) is 5.54. The van der Waals surface area contributed by atoms with E-state index < -0.39 is 0 Å². The quantitative estimate of drug-likeness (QED) is 0.695. The molecule has 0 amide bonds. The van der Waals surface area contributed by atoms with E-state index in [1.54, 1.807) is 0 Å². The summed E-state index contributed by atoms with van der Waals surface area (Å²) in [5.41, 5.74) is 2.68. The number of allylic oxidation sites excluding steroid dienone is 1. The topological polar surface area (TPSA) is 0 Å². The lowest BCUT2D eigenvalue weighted by Crippen LogP contribution is -1.83. The van der Waals surface area contributed by atoms with Crippen LogP contribution in [-0.2, 0) is 0 Å². The third-order valence-electron chi connectivity index (χ3n) is 2.75. The van der Waals surface area contributed by atoms with Crippen molar-refractivity contribution < 1.29 is 0 Å². The molecule has 0 saturated heterocycles. The fourth-order valence-electron chi connectivity index (χ4n) is 1.89. The van der Waals surface area contributed by atoms with Gasteiger partial charge in [-0.15, -0.1) is 0 Å². The first kappa shape index (κ1) is 11.4. The Hall–Kier alpha value is -1.08. The van der Waals surface area contributed by atoms with Gasteiger partial charge in [0.2, 0.25) is 0 Å². The second-order valence-electron chi connectivity index (χ2n) is 3.90. The predicted molar refractivity (Wildman–Crippen MR) is 76.1 cm³/mol. The summed E-state index contributed by atoms with van der Waals surface area (Å²) in [6.45, 7) is 2.17. The standard InChI is InChI=1S/C15H15Br/c1-12-9-10-13-6-2-3-8-15(13)14(12)7-4-5-11-16/h2-4,6-10H,5,11H2,1H3. The molecule has 0 unspecified atom stereocenters. The Morgan fingerprint density at radius 1 is 1.12 bits per heavy atom. The zero-order chi connectivity index (χ0) is 11.4. The van der Waals surface area contributed by atoms with E-state index in [2.05, 4.69) is 71.4 Å². The zero-order valence-corrected chi connectivity index (χ0v) is 11.0. The largest absolute Gasteiger partial charge is 0.0925 e. The van der Waals surface area contributed by atoms with Gasteiger partial charge in [-0.2, -0.15) is 0 Å². The van der Waals surface area contributed by atoms with E-state index in [4.69, 9.17) is 0 Å². The van der Waals surface area contributed by atoms with Gasteiger partial charge in [0.15, 0.2) is 0 Å². The van der Waals surface area contributed by atoms with Crippen LogP contribution >= 0.6 is 15.9 Å². The highest BCUT2D eigenvalue weighted by Gasteiger charge is 2.00. The molecular formula is C15H15Br. The van der Waals surface area contributed by atoms with E-state index in [9.17, 15) is 0 Å². The maximum absolute atomic E-state index is 3.44. The molecule has 82 valence electrons. The normalized spacial score (nSPS) is 11.4.